The number of thioether (sulfide) groups is 1. The van der Waals surface area contributed by atoms with Crippen LogP contribution in [0.2, 0.25) is 0 Å². The van der Waals surface area contributed by atoms with Gasteiger partial charge in [-0.2, -0.15) is 11.8 Å². The van der Waals surface area contributed by atoms with Crippen LogP contribution in [0.4, 0.5) is 0 Å². The summed E-state index contributed by atoms with van der Waals surface area (Å²) in [6, 6.07) is 8.50. The molecule has 2 unspecified atom stereocenters. The number of hydrogen-bond donors (Lipinski definition) is 2. The molecule has 8 heteroatoms. The molecule has 1 aliphatic rings. The Morgan fingerprint density at radius 1 is 1.28 bits per heavy atom. The van der Waals surface area contributed by atoms with Crippen molar-refractivity contribution in [1.82, 2.24) is 25.4 Å². The van der Waals surface area contributed by atoms with Crippen molar-refractivity contribution in [3.05, 3.63) is 41.5 Å². The molecular weight excluding hydrogens is 384 g/mol. The van der Waals surface area contributed by atoms with Crippen molar-refractivity contribution in [2.45, 2.75) is 57.5 Å². The number of ether oxygens (including phenoxy) is 1. The van der Waals surface area contributed by atoms with Crippen LogP contribution in [0, 0.1) is 6.92 Å². The minimum Gasteiger partial charge on any atom is -0.497 e. The van der Waals surface area contributed by atoms with Crippen LogP contribution in [0.25, 0.3) is 0 Å². The molecular formula is C21H32N6OS. The number of aryl methyl sites for hydroxylation is 1. The minimum atomic E-state index is 0.461. The summed E-state index contributed by atoms with van der Waals surface area (Å²) in [4.78, 5) is 4.82. The van der Waals surface area contributed by atoms with Crippen molar-refractivity contribution in [3.63, 3.8) is 0 Å². The molecule has 0 spiro atoms. The predicted octanol–water partition coefficient (Wildman–Crippen LogP) is 3.04. The summed E-state index contributed by atoms with van der Waals surface area (Å²) in [5.41, 5.74) is 1.15. The highest BCUT2D eigenvalue weighted by atomic mass is 32.2. The van der Waals surface area contributed by atoms with Gasteiger partial charge in [-0.15, -0.1) is 10.2 Å². The maximum atomic E-state index is 5.24. The molecule has 158 valence electrons. The lowest BCUT2D eigenvalue weighted by molar-refractivity contribution is 0.414. The molecule has 0 aliphatic heterocycles. The van der Waals surface area contributed by atoms with Crippen LogP contribution < -0.4 is 15.4 Å². The topological polar surface area (TPSA) is 76.4 Å². The summed E-state index contributed by atoms with van der Waals surface area (Å²) in [6.07, 6.45) is 3.64. The minimum absolute atomic E-state index is 0.461. The SMILES string of the molecule is CCSC1CCC(NC(=NCc2ccc(OC)cc2)NCc2nnc(C)n2C)C1. The molecule has 2 aromatic rings. The largest absolute Gasteiger partial charge is 0.497 e. The number of rotatable bonds is 8. The zero-order valence-electron chi connectivity index (χ0n) is 17.8. The number of aromatic nitrogens is 3. The van der Waals surface area contributed by atoms with Crippen molar-refractivity contribution in [3.8, 4) is 5.75 Å². The van der Waals surface area contributed by atoms with Gasteiger partial charge >= 0.3 is 0 Å². The van der Waals surface area contributed by atoms with Gasteiger partial charge in [0, 0.05) is 18.3 Å². The molecule has 1 aliphatic carbocycles. The van der Waals surface area contributed by atoms with Crippen LogP contribution in [-0.4, -0.2) is 44.9 Å². The standard InChI is InChI=1S/C21H32N6OS/c1-5-29-19-11-8-17(12-19)24-21(23-14-20-26-25-15(2)27(20)3)22-13-16-6-9-18(28-4)10-7-16/h6-7,9-10,17,19H,5,8,11-14H2,1-4H3,(H2,22,23,24). The van der Waals surface area contributed by atoms with Gasteiger partial charge in [0.2, 0.25) is 0 Å². The van der Waals surface area contributed by atoms with Crippen LogP contribution in [0.15, 0.2) is 29.3 Å². The number of nitrogens with zero attached hydrogens (tertiary/aromatic N) is 4. The number of benzene rings is 1. The highest BCUT2D eigenvalue weighted by Gasteiger charge is 2.25. The quantitative estimate of drug-likeness (QED) is 0.509. The second-order valence-corrected chi connectivity index (χ2v) is 8.90. The summed E-state index contributed by atoms with van der Waals surface area (Å²) in [5.74, 6) is 4.67. The molecule has 1 heterocycles. The van der Waals surface area contributed by atoms with E-state index in [-0.39, 0.29) is 0 Å². The predicted molar refractivity (Wildman–Crippen MR) is 119 cm³/mol. The van der Waals surface area contributed by atoms with E-state index in [0.29, 0.717) is 19.1 Å². The molecule has 0 radical (unpaired) electrons. The molecule has 2 N–H and O–H groups in total. The van der Waals surface area contributed by atoms with E-state index in [9.17, 15) is 0 Å². The maximum absolute atomic E-state index is 5.24. The molecule has 29 heavy (non-hydrogen) atoms. The van der Waals surface area contributed by atoms with Crippen molar-refractivity contribution < 1.29 is 4.74 Å². The first-order valence-corrected chi connectivity index (χ1v) is 11.3. The van der Waals surface area contributed by atoms with Gasteiger partial charge in [0.25, 0.3) is 0 Å². The van der Waals surface area contributed by atoms with Crippen molar-refractivity contribution in [2.75, 3.05) is 12.9 Å². The smallest absolute Gasteiger partial charge is 0.192 e. The Kier molecular flexibility index (Phi) is 7.80. The van der Waals surface area contributed by atoms with Gasteiger partial charge < -0.3 is 19.9 Å². The molecule has 7 nitrogen and oxygen atoms in total. The summed E-state index contributed by atoms with van der Waals surface area (Å²) in [6.45, 7) is 5.39. The van der Waals surface area contributed by atoms with Gasteiger partial charge in [-0.3, -0.25) is 0 Å². The highest BCUT2D eigenvalue weighted by Crippen LogP contribution is 2.29. The van der Waals surface area contributed by atoms with Crippen molar-refractivity contribution in [2.24, 2.45) is 12.0 Å². The third-order valence-corrected chi connectivity index (χ3v) is 6.54. The first-order valence-electron chi connectivity index (χ1n) is 10.2. The third-order valence-electron chi connectivity index (χ3n) is 5.30. The molecule has 3 rings (SSSR count). The number of nitrogens with one attached hydrogen (secondary N) is 2. The zero-order chi connectivity index (χ0) is 20.6. The van der Waals surface area contributed by atoms with Crippen LogP contribution in [-0.2, 0) is 20.1 Å². The van der Waals surface area contributed by atoms with Gasteiger partial charge in [-0.25, -0.2) is 4.99 Å². The van der Waals surface area contributed by atoms with Gasteiger partial charge in [-0.05, 0) is 49.6 Å². The lowest BCUT2D eigenvalue weighted by Crippen LogP contribution is -2.42. The maximum Gasteiger partial charge on any atom is 0.192 e. The lowest BCUT2D eigenvalue weighted by atomic mass is 10.2. The summed E-state index contributed by atoms with van der Waals surface area (Å²) < 4.78 is 7.23. The van der Waals surface area contributed by atoms with E-state index in [1.54, 1.807) is 7.11 Å². The normalized spacial score (nSPS) is 19.4. The van der Waals surface area contributed by atoms with Crippen molar-refractivity contribution >= 4 is 17.7 Å². The summed E-state index contributed by atoms with van der Waals surface area (Å²) >= 11 is 2.06. The molecule has 0 bridgehead atoms. The van der Waals surface area contributed by atoms with Crippen LogP contribution in [0.3, 0.4) is 0 Å². The second kappa shape index (κ2) is 10.5. The van der Waals surface area contributed by atoms with E-state index in [1.807, 2.05) is 30.7 Å². The van der Waals surface area contributed by atoms with Gasteiger partial charge in [-0.1, -0.05) is 19.1 Å². The van der Waals surface area contributed by atoms with Crippen LogP contribution in [0.1, 0.15) is 43.4 Å². The first-order chi connectivity index (χ1) is 14.1. The average Bonchev–Trinajstić information content (AvgIpc) is 3.31. The Labute approximate surface area is 177 Å². The molecule has 1 fully saturated rings. The number of aliphatic imine (C=N–C) groups is 1. The van der Waals surface area contributed by atoms with E-state index in [0.717, 1.165) is 34.2 Å². The van der Waals surface area contributed by atoms with Crippen LogP contribution >= 0.6 is 11.8 Å². The fraction of sp³-hybridized carbons (Fsp3) is 0.571. The van der Waals surface area contributed by atoms with Crippen LogP contribution in [0.5, 0.6) is 5.75 Å². The van der Waals surface area contributed by atoms with E-state index in [4.69, 9.17) is 9.73 Å². The third kappa shape index (κ3) is 6.13. The fourth-order valence-corrected chi connectivity index (χ4v) is 4.62. The van der Waals surface area contributed by atoms with Gasteiger partial charge in [0.05, 0.1) is 20.2 Å². The lowest BCUT2D eigenvalue weighted by Gasteiger charge is -2.18. The average molecular weight is 417 g/mol. The number of guanidine groups is 1. The molecule has 1 saturated carbocycles. The van der Waals surface area contributed by atoms with Gasteiger partial charge in [0.15, 0.2) is 11.8 Å². The number of methoxy groups -OCH3 is 1. The highest BCUT2D eigenvalue weighted by molar-refractivity contribution is 7.99. The molecule has 0 amide bonds. The fourth-order valence-electron chi connectivity index (χ4n) is 3.47. The molecule has 2 atom stereocenters. The van der Waals surface area contributed by atoms with E-state index in [1.165, 1.54) is 25.0 Å². The second-order valence-electron chi connectivity index (χ2n) is 7.32. The van der Waals surface area contributed by atoms with E-state index < -0.39 is 0 Å². The Morgan fingerprint density at radius 2 is 2.07 bits per heavy atom. The first kappa shape index (κ1) is 21.5. The Morgan fingerprint density at radius 3 is 2.72 bits per heavy atom. The molecule has 1 aromatic carbocycles. The molecule has 1 aromatic heterocycles. The summed E-state index contributed by atoms with van der Waals surface area (Å²) in [5, 5.41) is 16.2. The van der Waals surface area contributed by atoms with Gasteiger partial charge in [0.1, 0.15) is 11.6 Å². The Bertz CT molecular complexity index is 804. The number of hydrogen-bond acceptors (Lipinski definition) is 5. The monoisotopic (exact) mass is 416 g/mol. The van der Waals surface area contributed by atoms with E-state index in [2.05, 4.69) is 51.6 Å². The van der Waals surface area contributed by atoms with E-state index >= 15 is 0 Å². The summed E-state index contributed by atoms with van der Waals surface area (Å²) in [7, 11) is 3.66. The Balaban J connectivity index is 1.65. The zero-order valence-corrected chi connectivity index (χ0v) is 18.6. The Hall–Kier alpha value is -2.22. The molecule has 0 saturated heterocycles. The van der Waals surface area contributed by atoms with Crippen molar-refractivity contribution in [1.29, 1.82) is 0 Å².